The fraction of sp³-hybridized carbons (Fsp3) is 0.312. The number of carbonyl (C=O) groups excluding carboxylic acids is 2. The molecule has 2 amide bonds. The van der Waals surface area contributed by atoms with Crippen molar-refractivity contribution in [1.82, 2.24) is 4.98 Å². The van der Waals surface area contributed by atoms with Crippen LogP contribution in [0.15, 0.2) is 23.6 Å². The lowest BCUT2D eigenvalue weighted by atomic mass is 10.1. The number of anilines is 2. The summed E-state index contributed by atoms with van der Waals surface area (Å²) in [7, 11) is 1.71. The van der Waals surface area contributed by atoms with Crippen LogP contribution in [-0.4, -0.2) is 29.9 Å². The van der Waals surface area contributed by atoms with Crippen LogP contribution < -0.4 is 15.0 Å². The molecule has 1 atom stereocenters. The van der Waals surface area contributed by atoms with Crippen LogP contribution >= 0.6 is 11.3 Å². The molecule has 0 aliphatic carbocycles. The topological polar surface area (TPSA) is 71.5 Å². The Morgan fingerprint density at radius 2 is 2.26 bits per heavy atom. The summed E-state index contributed by atoms with van der Waals surface area (Å²) >= 11 is 1.40. The number of rotatable bonds is 3. The maximum atomic E-state index is 12.1. The Bertz CT molecular complexity index is 772. The Morgan fingerprint density at radius 1 is 1.48 bits per heavy atom. The molecule has 0 bridgehead atoms. The zero-order valence-corrected chi connectivity index (χ0v) is 13.9. The van der Waals surface area contributed by atoms with Crippen LogP contribution in [0.3, 0.4) is 0 Å². The van der Waals surface area contributed by atoms with Gasteiger partial charge in [0.25, 0.3) is 5.91 Å². The fourth-order valence-corrected chi connectivity index (χ4v) is 3.13. The Kier molecular flexibility index (Phi) is 4.04. The highest BCUT2D eigenvalue weighted by atomic mass is 32.1. The Balaban J connectivity index is 1.74. The first-order chi connectivity index (χ1) is 10.9. The predicted molar refractivity (Wildman–Crippen MR) is 89.1 cm³/mol. The smallest absolute Gasteiger partial charge is 0.267 e. The highest BCUT2D eigenvalue weighted by Gasteiger charge is 2.29. The van der Waals surface area contributed by atoms with Crippen LogP contribution in [0, 0.1) is 6.92 Å². The number of amides is 2. The fourth-order valence-electron chi connectivity index (χ4n) is 2.43. The second kappa shape index (κ2) is 6.00. The van der Waals surface area contributed by atoms with E-state index in [0.29, 0.717) is 16.6 Å². The average Bonchev–Trinajstić information content (AvgIpc) is 2.90. The maximum absolute atomic E-state index is 12.1. The van der Waals surface area contributed by atoms with E-state index in [1.807, 2.05) is 24.4 Å². The summed E-state index contributed by atoms with van der Waals surface area (Å²) in [5.41, 5.74) is 2.38. The molecule has 0 spiro atoms. The van der Waals surface area contributed by atoms with Gasteiger partial charge in [-0.05, 0) is 31.5 Å². The van der Waals surface area contributed by atoms with Crippen molar-refractivity contribution in [2.45, 2.75) is 26.4 Å². The predicted octanol–water partition coefficient (Wildman–Crippen LogP) is 2.38. The standard InChI is InChI=1S/C16H17N3O3S/c1-9-8-23-16(17-9)18-14(20)7-11-4-5-13-12(6-11)19(3)15(21)10(2)22-13/h4-6,8,10H,7H2,1-3H3,(H,17,18,20). The molecule has 7 heteroatoms. The highest BCUT2D eigenvalue weighted by molar-refractivity contribution is 7.13. The number of likely N-dealkylation sites (N-methyl/N-ethyl adjacent to an activating group) is 1. The van der Waals surface area contributed by atoms with Gasteiger partial charge in [0.15, 0.2) is 11.2 Å². The lowest BCUT2D eigenvalue weighted by Gasteiger charge is -2.30. The van der Waals surface area contributed by atoms with Crippen molar-refractivity contribution < 1.29 is 14.3 Å². The van der Waals surface area contributed by atoms with Gasteiger partial charge in [0.2, 0.25) is 5.91 Å². The summed E-state index contributed by atoms with van der Waals surface area (Å²) in [5.74, 6) is 0.412. The monoisotopic (exact) mass is 331 g/mol. The Labute approximate surface area is 138 Å². The molecule has 3 rings (SSSR count). The number of aryl methyl sites for hydroxylation is 1. The van der Waals surface area contributed by atoms with Gasteiger partial charge in [-0.2, -0.15) is 0 Å². The molecule has 23 heavy (non-hydrogen) atoms. The minimum atomic E-state index is -0.491. The van der Waals surface area contributed by atoms with Crippen molar-refractivity contribution >= 4 is 34.0 Å². The Morgan fingerprint density at radius 3 is 2.96 bits per heavy atom. The third kappa shape index (κ3) is 3.19. The van der Waals surface area contributed by atoms with E-state index < -0.39 is 6.10 Å². The van der Waals surface area contributed by atoms with E-state index in [0.717, 1.165) is 11.3 Å². The molecular weight excluding hydrogens is 314 g/mol. The van der Waals surface area contributed by atoms with Crippen molar-refractivity contribution in [3.8, 4) is 5.75 Å². The van der Waals surface area contributed by atoms with Gasteiger partial charge in [-0.15, -0.1) is 11.3 Å². The van der Waals surface area contributed by atoms with Crippen molar-refractivity contribution in [3.63, 3.8) is 0 Å². The summed E-state index contributed by atoms with van der Waals surface area (Å²) in [5, 5.41) is 5.25. The van der Waals surface area contributed by atoms with Gasteiger partial charge in [-0.3, -0.25) is 9.59 Å². The summed E-state index contributed by atoms with van der Waals surface area (Å²) in [4.78, 5) is 29.9. The Hall–Kier alpha value is -2.41. The van der Waals surface area contributed by atoms with Crippen LogP contribution in [0.4, 0.5) is 10.8 Å². The molecule has 1 unspecified atom stereocenters. The van der Waals surface area contributed by atoms with E-state index in [9.17, 15) is 9.59 Å². The number of aromatic nitrogens is 1. The van der Waals surface area contributed by atoms with Crippen molar-refractivity contribution in [2.75, 3.05) is 17.3 Å². The molecular formula is C16H17N3O3S. The zero-order valence-electron chi connectivity index (χ0n) is 13.1. The lowest BCUT2D eigenvalue weighted by Crippen LogP contribution is -2.42. The van der Waals surface area contributed by atoms with Crippen molar-refractivity contribution in [2.24, 2.45) is 0 Å². The molecule has 2 aromatic rings. The normalized spacial score (nSPS) is 16.7. The summed E-state index contributed by atoms with van der Waals surface area (Å²) in [6.45, 7) is 3.60. The molecule has 1 aromatic carbocycles. The highest BCUT2D eigenvalue weighted by Crippen LogP contribution is 2.34. The largest absolute Gasteiger partial charge is 0.479 e. The second-order valence-corrected chi connectivity index (χ2v) is 6.34. The third-order valence-electron chi connectivity index (χ3n) is 3.60. The maximum Gasteiger partial charge on any atom is 0.267 e. The van der Waals surface area contributed by atoms with Crippen LogP contribution in [-0.2, 0) is 16.0 Å². The summed E-state index contributed by atoms with van der Waals surface area (Å²) in [6.07, 6.45) is -0.279. The number of nitrogens with one attached hydrogen (secondary N) is 1. The minimum absolute atomic E-state index is 0.0997. The first-order valence-corrected chi connectivity index (χ1v) is 8.11. The van der Waals surface area contributed by atoms with Crippen molar-refractivity contribution in [1.29, 1.82) is 0 Å². The van der Waals surface area contributed by atoms with E-state index in [2.05, 4.69) is 10.3 Å². The third-order valence-corrected chi connectivity index (χ3v) is 4.47. The van der Waals surface area contributed by atoms with Crippen molar-refractivity contribution in [3.05, 3.63) is 34.8 Å². The van der Waals surface area contributed by atoms with Gasteiger partial charge >= 0.3 is 0 Å². The number of hydrogen-bond acceptors (Lipinski definition) is 5. The van der Waals surface area contributed by atoms with E-state index >= 15 is 0 Å². The molecule has 1 aliphatic rings. The first kappa shape index (κ1) is 15.5. The number of ether oxygens (including phenoxy) is 1. The number of benzene rings is 1. The number of fused-ring (bicyclic) bond motifs is 1. The minimum Gasteiger partial charge on any atom is -0.479 e. The van der Waals surface area contributed by atoms with Crippen LogP contribution in [0.25, 0.3) is 0 Å². The first-order valence-electron chi connectivity index (χ1n) is 7.23. The molecule has 6 nitrogen and oxygen atoms in total. The number of thiazole rings is 1. The van der Waals surface area contributed by atoms with E-state index in [4.69, 9.17) is 4.74 Å². The van der Waals surface area contributed by atoms with Crippen LogP contribution in [0.2, 0.25) is 0 Å². The van der Waals surface area contributed by atoms with Gasteiger partial charge in [0, 0.05) is 12.4 Å². The zero-order chi connectivity index (χ0) is 16.6. The SMILES string of the molecule is Cc1csc(NC(=O)Cc2ccc3c(c2)N(C)C(=O)C(C)O3)n1. The molecule has 120 valence electrons. The second-order valence-electron chi connectivity index (χ2n) is 5.48. The van der Waals surface area contributed by atoms with Crippen LogP contribution in [0.1, 0.15) is 18.2 Å². The quantitative estimate of drug-likeness (QED) is 0.937. The molecule has 0 fully saturated rings. The van der Waals surface area contributed by atoms with Gasteiger partial charge in [-0.1, -0.05) is 6.07 Å². The summed E-state index contributed by atoms with van der Waals surface area (Å²) < 4.78 is 5.57. The van der Waals surface area contributed by atoms with Crippen LogP contribution in [0.5, 0.6) is 5.75 Å². The van der Waals surface area contributed by atoms with Gasteiger partial charge in [-0.25, -0.2) is 4.98 Å². The number of hydrogen-bond donors (Lipinski definition) is 1. The average molecular weight is 331 g/mol. The molecule has 1 N–H and O–H groups in total. The molecule has 1 aliphatic heterocycles. The van der Waals surface area contributed by atoms with E-state index in [1.54, 1.807) is 24.9 Å². The van der Waals surface area contributed by atoms with E-state index in [1.165, 1.54) is 11.3 Å². The van der Waals surface area contributed by atoms with Gasteiger partial charge < -0.3 is 15.0 Å². The summed E-state index contributed by atoms with van der Waals surface area (Å²) in [6, 6.07) is 5.44. The molecule has 0 saturated carbocycles. The van der Waals surface area contributed by atoms with Gasteiger partial charge in [0.05, 0.1) is 17.8 Å². The lowest BCUT2D eigenvalue weighted by molar-refractivity contribution is -0.125. The molecule has 1 aromatic heterocycles. The number of carbonyl (C=O) groups is 2. The molecule has 2 heterocycles. The molecule has 0 radical (unpaired) electrons. The van der Waals surface area contributed by atoms with Gasteiger partial charge in [0.1, 0.15) is 5.75 Å². The molecule has 0 saturated heterocycles. The van der Waals surface area contributed by atoms with E-state index in [-0.39, 0.29) is 18.2 Å². The number of nitrogens with zero attached hydrogens (tertiary/aromatic N) is 2.